The number of hydrogen-bond donors (Lipinski definition) is 2. The van der Waals surface area contributed by atoms with Gasteiger partial charge >= 0.3 is 5.69 Å². The number of aryl methyl sites for hydroxylation is 2. The van der Waals surface area contributed by atoms with Crippen LogP contribution in [0.2, 0.25) is 0 Å². The number of nitro groups is 1. The predicted octanol–water partition coefficient (Wildman–Crippen LogP) is 1.80. The second-order valence-corrected chi connectivity index (χ2v) is 9.49. The number of carbonyl (C=O) groups is 2. The van der Waals surface area contributed by atoms with E-state index in [0.717, 1.165) is 17.7 Å². The zero-order valence-corrected chi connectivity index (χ0v) is 18.8. The van der Waals surface area contributed by atoms with Crippen molar-refractivity contribution in [3.63, 3.8) is 0 Å². The molecule has 0 spiro atoms. The molecule has 0 radical (unpaired) electrons. The van der Waals surface area contributed by atoms with E-state index in [4.69, 9.17) is 0 Å². The Morgan fingerprint density at radius 1 is 1.21 bits per heavy atom. The van der Waals surface area contributed by atoms with E-state index < -0.39 is 44.2 Å². The minimum atomic E-state index is -3.75. The Morgan fingerprint density at radius 3 is 2.64 bits per heavy atom. The van der Waals surface area contributed by atoms with E-state index in [1.165, 1.54) is 11.0 Å². The van der Waals surface area contributed by atoms with Gasteiger partial charge in [-0.1, -0.05) is 12.1 Å². The number of carbonyl (C=O) groups excluding carboxylic acids is 2. The maximum absolute atomic E-state index is 13.6. The Morgan fingerprint density at radius 2 is 1.94 bits per heavy atom. The molecular formula is C21H23FN4O6S. The van der Waals surface area contributed by atoms with Crippen molar-refractivity contribution >= 4 is 33.2 Å². The summed E-state index contributed by atoms with van der Waals surface area (Å²) in [6, 6.07) is 8.18. The molecule has 1 aliphatic rings. The van der Waals surface area contributed by atoms with Gasteiger partial charge in [-0.15, -0.1) is 0 Å². The van der Waals surface area contributed by atoms with Crippen LogP contribution in [0.5, 0.6) is 0 Å². The molecule has 1 atom stereocenters. The SMILES string of the molecule is Cc1ccc(C)c(S(=O)(=O)NCCNC(=O)C2CC(=O)N(c3ccc(F)c([N+](=O)[O-])c3)C2)c1. The normalized spacial score (nSPS) is 16.2. The van der Waals surface area contributed by atoms with E-state index >= 15 is 0 Å². The van der Waals surface area contributed by atoms with Crippen molar-refractivity contribution in [3.05, 3.63) is 63.5 Å². The summed E-state index contributed by atoms with van der Waals surface area (Å²) >= 11 is 0. The van der Waals surface area contributed by atoms with Crippen LogP contribution in [0.3, 0.4) is 0 Å². The second kappa shape index (κ2) is 9.63. The van der Waals surface area contributed by atoms with E-state index in [1.807, 2.05) is 6.07 Å². The third-order valence-electron chi connectivity index (χ3n) is 5.28. The Balaban J connectivity index is 1.55. The van der Waals surface area contributed by atoms with Crippen molar-refractivity contribution in [1.29, 1.82) is 0 Å². The lowest BCUT2D eigenvalue weighted by Gasteiger charge is -2.17. The van der Waals surface area contributed by atoms with Crippen LogP contribution in [0.1, 0.15) is 17.5 Å². The van der Waals surface area contributed by atoms with Crippen LogP contribution in [-0.2, 0) is 19.6 Å². The highest BCUT2D eigenvalue weighted by atomic mass is 32.2. The summed E-state index contributed by atoms with van der Waals surface area (Å²) in [5.74, 6) is -2.62. The van der Waals surface area contributed by atoms with Crippen LogP contribution in [-0.4, -0.2) is 44.8 Å². The van der Waals surface area contributed by atoms with Gasteiger partial charge in [-0.05, 0) is 43.2 Å². The molecule has 1 heterocycles. The number of amides is 2. The molecule has 1 saturated heterocycles. The molecule has 176 valence electrons. The Labute approximate surface area is 190 Å². The first-order valence-corrected chi connectivity index (χ1v) is 11.6. The van der Waals surface area contributed by atoms with Crippen molar-refractivity contribution in [3.8, 4) is 0 Å². The highest BCUT2D eigenvalue weighted by Gasteiger charge is 2.35. The standard InChI is InChI=1S/C21H23FN4O6S/c1-13-3-4-14(2)19(9-13)33(31,32)24-8-7-23-21(28)15-10-20(27)25(12-15)16-5-6-17(22)18(11-16)26(29)30/h3-6,9,11,15,24H,7-8,10,12H2,1-2H3,(H,23,28). The average Bonchev–Trinajstić information content (AvgIpc) is 3.14. The first-order valence-electron chi connectivity index (χ1n) is 10.1. The number of nitrogens with one attached hydrogen (secondary N) is 2. The molecule has 2 aromatic rings. The topological polar surface area (TPSA) is 139 Å². The fourth-order valence-electron chi connectivity index (χ4n) is 3.53. The maximum Gasteiger partial charge on any atom is 0.306 e. The monoisotopic (exact) mass is 478 g/mol. The summed E-state index contributed by atoms with van der Waals surface area (Å²) in [4.78, 5) is 36.2. The van der Waals surface area contributed by atoms with Gasteiger partial charge in [0.25, 0.3) is 0 Å². The van der Waals surface area contributed by atoms with E-state index in [0.29, 0.717) is 5.56 Å². The number of nitrogens with zero attached hydrogens (tertiary/aromatic N) is 2. The van der Waals surface area contributed by atoms with Crippen LogP contribution in [0.4, 0.5) is 15.8 Å². The van der Waals surface area contributed by atoms with Gasteiger partial charge in [-0.25, -0.2) is 13.1 Å². The molecule has 0 aromatic heterocycles. The van der Waals surface area contributed by atoms with Crippen molar-refractivity contribution in [2.45, 2.75) is 25.2 Å². The third kappa shape index (κ3) is 5.52. The number of rotatable bonds is 8. The average molecular weight is 479 g/mol. The highest BCUT2D eigenvalue weighted by molar-refractivity contribution is 7.89. The molecule has 2 amide bonds. The van der Waals surface area contributed by atoms with Gasteiger partial charge in [0.1, 0.15) is 0 Å². The fourth-order valence-corrected chi connectivity index (χ4v) is 4.89. The van der Waals surface area contributed by atoms with Gasteiger partial charge in [0.2, 0.25) is 27.7 Å². The van der Waals surface area contributed by atoms with Gasteiger partial charge in [-0.3, -0.25) is 19.7 Å². The van der Waals surface area contributed by atoms with Crippen molar-refractivity contribution in [2.24, 2.45) is 5.92 Å². The maximum atomic E-state index is 13.6. The Kier molecular flexibility index (Phi) is 7.08. The molecular weight excluding hydrogens is 455 g/mol. The largest absolute Gasteiger partial charge is 0.354 e. The first kappa shape index (κ1) is 24.3. The Bertz CT molecular complexity index is 1220. The number of benzene rings is 2. The molecule has 2 aromatic carbocycles. The van der Waals surface area contributed by atoms with Crippen molar-refractivity contribution < 1.29 is 27.3 Å². The second-order valence-electron chi connectivity index (χ2n) is 7.76. The Hall–Kier alpha value is -3.38. The fraction of sp³-hybridized carbons (Fsp3) is 0.333. The summed E-state index contributed by atoms with van der Waals surface area (Å²) in [6.45, 7) is 3.41. The quantitative estimate of drug-likeness (QED) is 0.337. The minimum absolute atomic E-state index is 0.00956. The molecule has 1 aliphatic heterocycles. The van der Waals surface area contributed by atoms with Crippen molar-refractivity contribution in [2.75, 3.05) is 24.5 Å². The molecule has 1 unspecified atom stereocenters. The summed E-state index contributed by atoms with van der Waals surface area (Å²) < 4.78 is 41.0. The van der Waals surface area contributed by atoms with E-state index in [1.54, 1.807) is 26.0 Å². The van der Waals surface area contributed by atoms with E-state index in [2.05, 4.69) is 10.0 Å². The van der Waals surface area contributed by atoms with Crippen LogP contribution < -0.4 is 14.9 Å². The van der Waals surface area contributed by atoms with Gasteiger partial charge in [0.05, 0.1) is 21.4 Å². The molecule has 1 fully saturated rings. The lowest BCUT2D eigenvalue weighted by atomic mass is 10.1. The molecule has 12 heteroatoms. The summed E-state index contributed by atoms with van der Waals surface area (Å²) in [6.07, 6.45) is -0.120. The number of anilines is 1. The van der Waals surface area contributed by atoms with Gasteiger partial charge in [-0.2, -0.15) is 4.39 Å². The van der Waals surface area contributed by atoms with Crippen molar-refractivity contribution in [1.82, 2.24) is 10.0 Å². The number of halogens is 1. The molecule has 0 aliphatic carbocycles. The smallest absolute Gasteiger partial charge is 0.306 e. The molecule has 10 nitrogen and oxygen atoms in total. The van der Waals surface area contributed by atoms with Crippen LogP contribution in [0.25, 0.3) is 0 Å². The first-order chi connectivity index (χ1) is 15.5. The number of sulfonamides is 1. The number of nitro benzene ring substituents is 1. The molecule has 33 heavy (non-hydrogen) atoms. The number of hydrogen-bond acceptors (Lipinski definition) is 6. The minimum Gasteiger partial charge on any atom is -0.354 e. The molecule has 2 N–H and O–H groups in total. The van der Waals surface area contributed by atoms with E-state index in [9.17, 15) is 32.5 Å². The summed E-state index contributed by atoms with van der Waals surface area (Å²) in [7, 11) is -3.75. The van der Waals surface area contributed by atoms with Crippen LogP contribution in [0, 0.1) is 35.7 Å². The molecule has 3 rings (SSSR count). The third-order valence-corrected chi connectivity index (χ3v) is 6.89. The summed E-state index contributed by atoms with van der Waals surface area (Å²) in [5.41, 5.74) is 0.771. The zero-order chi connectivity index (χ0) is 24.3. The molecule has 0 bridgehead atoms. The highest BCUT2D eigenvalue weighted by Crippen LogP contribution is 2.29. The van der Waals surface area contributed by atoms with Gasteiger partial charge in [0, 0.05) is 32.1 Å². The van der Waals surface area contributed by atoms with Gasteiger partial charge in [0.15, 0.2) is 0 Å². The predicted molar refractivity (Wildman–Crippen MR) is 118 cm³/mol. The molecule has 0 saturated carbocycles. The zero-order valence-electron chi connectivity index (χ0n) is 18.0. The summed E-state index contributed by atoms with van der Waals surface area (Å²) in [5, 5.41) is 13.5. The lowest BCUT2D eigenvalue weighted by molar-refractivity contribution is -0.387. The van der Waals surface area contributed by atoms with Crippen LogP contribution >= 0.6 is 0 Å². The van der Waals surface area contributed by atoms with Crippen LogP contribution in [0.15, 0.2) is 41.3 Å². The van der Waals surface area contributed by atoms with E-state index in [-0.39, 0.29) is 36.6 Å². The lowest BCUT2D eigenvalue weighted by Crippen LogP contribution is -2.38. The van der Waals surface area contributed by atoms with Gasteiger partial charge < -0.3 is 10.2 Å².